The van der Waals surface area contributed by atoms with Crippen LogP contribution in [0.2, 0.25) is 10.0 Å². The van der Waals surface area contributed by atoms with Gasteiger partial charge in [0.25, 0.3) is 5.56 Å². The molecule has 0 fully saturated rings. The van der Waals surface area contributed by atoms with E-state index >= 15 is 0 Å². The van der Waals surface area contributed by atoms with E-state index < -0.39 is 6.10 Å². The summed E-state index contributed by atoms with van der Waals surface area (Å²) in [5.74, 6) is 0.0816. The number of anilines is 1. The highest BCUT2D eigenvalue weighted by Gasteiger charge is 2.35. The van der Waals surface area contributed by atoms with Crippen molar-refractivity contribution in [2.75, 3.05) is 5.32 Å². The molecule has 1 N–H and O–H groups in total. The number of hydrogen-bond donors (Lipinski definition) is 1. The lowest BCUT2D eigenvalue weighted by Gasteiger charge is -2.24. The van der Waals surface area contributed by atoms with E-state index in [4.69, 9.17) is 27.9 Å². The number of ether oxygens (including phenoxy) is 1. The van der Waals surface area contributed by atoms with Crippen molar-refractivity contribution in [1.29, 1.82) is 0 Å². The SMILES string of the molecule is CC(=O)O[C@H]1Cc2ccccc2[C@@H]1Nc1c(C)nc(-c2ccc(Cl)cc2Cl)n(C)c1=O. The maximum absolute atomic E-state index is 13.3. The molecule has 6 nitrogen and oxygen atoms in total. The van der Waals surface area contributed by atoms with Crippen molar-refractivity contribution < 1.29 is 9.53 Å². The van der Waals surface area contributed by atoms with Gasteiger partial charge < -0.3 is 10.1 Å². The maximum Gasteiger partial charge on any atom is 0.302 e. The fraction of sp³-hybridized carbons (Fsp3) is 0.261. The van der Waals surface area contributed by atoms with Crippen LogP contribution in [-0.2, 0) is 23.0 Å². The molecule has 1 aromatic heterocycles. The minimum atomic E-state index is -0.413. The van der Waals surface area contributed by atoms with Gasteiger partial charge in [0, 0.05) is 31.0 Å². The van der Waals surface area contributed by atoms with Crippen molar-refractivity contribution in [1.82, 2.24) is 9.55 Å². The van der Waals surface area contributed by atoms with Gasteiger partial charge in [-0.05, 0) is 36.2 Å². The normalized spacial score (nSPS) is 17.3. The van der Waals surface area contributed by atoms with Crippen LogP contribution in [-0.4, -0.2) is 21.6 Å². The van der Waals surface area contributed by atoms with E-state index in [9.17, 15) is 9.59 Å². The lowest BCUT2D eigenvalue weighted by molar-refractivity contribution is -0.146. The van der Waals surface area contributed by atoms with E-state index in [-0.39, 0.29) is 17.6 Å². The summed E-state index contributed by atoms with van der Waals surface area (Å²) in [6, 6.07) is 12.6. The molecule has 0 saturated carbocycles. The van der Waals surface area contributed by atoms with Gasteiger partial charge in [0.2, 0.25) is 0 Å². The summed E-state index contributed by atoms with van der Waals surface area (Å²) >= 11 is 12.3. The monoisotopic (exact) mass is 457 g/mol. The van der Waals surface area contributed by atoms with Crippen LogP contribution in [0.1, 0.15) is 29.8 Å². The summed E-state index contributed by atoms with van der Waals surface area (Å²) in [5, 5.41) is 4.22. The molecule has 8 heteroatoms. The zero-order chi connectivity index (χ0) is 22.3. The Kier molecular flexibility index (Phi) is 5.77. The molecule has 0 amide bonds. The number of hydrogen-bond acceptors (Lipinski definition) is 5. The number of esters is 1. The zero-order valence-corrected chi connectivity index (χ0v) is 18.8. The van der Waals surface area contributed by atoms with Crippen molar-refractivity contribution in [3.05, 3.63) is 79.7 Å². The summed E-state index contributed by atoms with van der Waals surface area (Å²) in [7, 11) is 1.65. The van der Waals surface area contributed by atoms with Gasteiger partial charge >= 0.3 is 5.97 Å². The minimum absolute atomic E-state index is 0.250. The van der Waals surface area contributed by atoms with Crippen LogP contribution in [0, 0.1) is 6.92 Å². The molecule has 0 unspecified atom stereocenters. The predicted molar refractivity (Wildman–Crippen MR) is 122 cm³/mol. The quantitative estimate of drug-likeness (QED) is 0.574. The fourth-order valence-corrected chi connectivity index (χ4v) is 4.49. The lowest BCUT2D eigenvalue weighted by atomic mass is 10.1. The van der Waals surface area contributed by atoms with Crippen molar-refractivity contribution in [3.63, 3.8) is 0 Å². The molecular weight excluding hydrogens is 437 g/mol. The maximum atomic E-state index is 13.3. The Morgan fingerprint density at radius 3 is 2.68 bits per heavy atom. The molecule has 1 aliphatic rings. The van der Waals surface area contributed by atoms with Gasteiger partial charge in [-0.1, -0.05) is 47.5 Å². The van der Waals surface area contributed by atoms with Crippen LogP contribution >= 0.6 is 23.2 Å². The van der Waals surface area contributed by atoms with Gasteiger partial charge in [0.1, 0.15) is 17.6 Å². The molecule has 2 aromatic carbocycles. The predicted octanol–water partition coefficient (Wildman–Crippen LogP) is 4.70. The molecular formula is C23H21Cl2N3O3. The number of halogens is 2. The molecule has 0 bridgehead atoms. The third-order valence-electron chi connectivity index (χ3n) is 5.44. The Morgan fingerprint density at radius 1 is 1.23 bits per heavy atom. The number of benzene rings is 2. The van der Waals surface area contributed by atoms with Crippen LogP contribution in [0.4, 0.5) is 5.69 Å². The summed E-state index contributed by atoms with van der Waals surface area (Å²) in [4.78, 5) is 29.6. The van der Waals surface area contributed by atoms with E-state index in [1.165, 1.54) is 11.5 Å². The zero-order valence-electron chi connectivity index (χ0n) is 17.3. The molecule has 0 saturated heterocycles. The topological polar surface area (TPSA) is 73.2 Å². The third kappa shape index (κ3) is 4.05. The number of nitrogens with one attached hydrogen (secondary N) is 1. The highest BCUT2D eigenvalue weighted by Crippen LogP contribution is 2.36. The van der Waals surface area contributed by atoms with Crippen LogP contribution < -0.4 is 10.9 Å². The van der Waals surface area contributed by atoms with Gasteiger partial charge in [-0.2, -0.15) is 0 Å². The molecule has 0 spiro atoms. The van der Waals surface area contributed by atoms with Crippen molar-refractivity contribution in [2.24, 2.45) is 7.05 Å². The summed E-state index contributed by atoms with van der Waals surface area (Å²) in [6.07, 6.45) is 0.169. The molecule has 0 radical (unpaired) electrons. The van der Waals surface area contributed by atoms with E-state index in [0.717, 1.165) is 11.1 Å². The third-order valence-corrected chi connectivity index (χ3v) is 5.99. The second-order valence-corrected chi connectivity index (χ2v) is 8.40. The average molecular weight is 458 g/mol. The number of aryl methyl sites for hydroxylation is 1. The molecule has 1 aliphatic carbocycles. The Morgan fingerprint density at radius 2 is 1.97 bits per heavy atom. The minimum Gasteiger partial charge on any atom is -0.460 e. The largest absolute Gasteiger partial charge is 0.460 e. The molecule has 160 valence electrons. The Bertz CT molecular complexity index is 1240. The lowest BCUT2D eigenvalue weighted by Crippen LogP contribution is -2.31. The molecule has 3 aromatic rings. The number of carbonyl (C=O) groups excluding carboxylic acids is 1. The first kappa shape index (κ1) is 21.4. The standard InChI is InChI=1S/C23H21Cl2N3O3/c1-12-20(23(30)28(3)22(26-12)17-9-8-15(24)11-18(17)25)27-21-16-7-5-4-6-14(16)10-19(21)31-13(2)29/h4-9,11,19,21,27H,10H2,1-3H3/t19-,21-/m0/s1. The highest BCUT2D eigenvalue weighted by molar-refractivity contribution is 6.36. The molecule has 2 atom stereocenters. The first-order valence-corrected chi connectivity index (χ1v) is 10.6. The van der Waals surface area contributed by atoms with Gasteiger partial charge in [0.05, 0.1) is 16.8 Å². The molecule has 4 rings (SSSR count). The number of rotatable bonds is 4. The van der Waals surface area contributed by atoms with Gasteiger partial charge in [0.15, 0.2) is 0 Å². The summed E-state index contributed by atoms with van der Waals surface area (Å²) in [5.41, 5.74) is 3.33. The number of fused-ring (bicyclic) bond motifs is 1. The Hall–Kier alpha value is -2.83. The first-order valence-electron chi connectivity index (χ1n) is 9.81. The van der Waals surface area contributed by atoms with Gasteiger partial charge in [-0.15, -0.1) is 0 Å². The van der Waals surface area contributed by atoms with Gasteiger partial charge in [-0.3, -0.25) is 14.2 Å². The average Bonchev–Trinajstić information content (AvgIpc) is 3.04. The second kappa shape index (κ2) is 8.36. The van der Waals surface area contributed by atoms with E-state index in [0.29, 0.717) is 39.2 Å². The fourth-order valence-electron chi connectivity index (χ4n) is 3.99. The van der Waals surface area contributed by atoms with Crippen molar-refractivity contribution in [3.8, 4) is 11.4 Å². The Balaban J connectivity index is 1.76. The molecule has 0 aliphatic heterocycles. The number of nitrogens with zero attached hydrogens (tertiary/aromatic N) is 2. The summed E-state index contributed by atoms with van der Waals surface area (Å²) in [6.45, 7) is 3.15. The van der Waals surface area contributed by atoms with Crippen molar-refractivity contribution >= 4 is 34.9 Å². The van der Waals surface area contributed by atoms with E-state index in [1.807, 2.05) is 24.3 Å². The van der Waals surface area contributed by atoms with Crippen LogP contribution in [0.5, 0.6) is 0 Å². The van der Waals surface area contributed by atoms with Crippen LogP contribution in [0.15, 0.2) is 47.3 Å². The first-order chi connectivity index (χ1) is 14.8. The Labute approximate surface area is 189 Å². The van der Waals surface area contributed by atoms with Gasteiger partial charge in [-0.25, -0.2) is 4.98 Å². The summed E-state index contributed by atoms with van der Waals surface area (Å²) < 4.78 is 7.00. The number of aromatic nitrogens is 2. The molecule has 1 heterocycles. The second-order valence-electron chi connectivity index (χ2n) is 7.56. The highest BCUT2D eigenvalue weighted by atomic mass is 35.5. The van der Waals surface area contributed by atoms with E-state index in [2.05, 4.69) is 10.3 Å². The smallest absolute Gasteiger partial charge is 0.302 e. The van der Waals surface area contributed by atoms with E-state index in [1.54, 1.807) is 32.2 Å². The van der Waals surface area contributed by atoms with Crippen LogP contribution in [0.3, 0.4) is 0 Å². The van der Waals surface area contributed by atoms with Crippen molar-refractivity contribution in [2.45, 2.75) is 32.4 Å². The molecule has 31 heavy (non-hydrogen) atoms. The number of carbonyl (C=O) groups is 1. The van der Waals surface area contributed by atoms with Crippen LogP contribution in [0.25, 0.3) is 11.4 Å².